The Balaban J connectivity index is 2.28. The Morgan fingerprint density at radius 1 is 1.56 bits per heavy atom. The number of nitrogens with one attached hydrogen (secondary N) is 1. The Morgan fingerprint density at radius 2 is 2.31 bits per heavy atom. The second kappa shape index (κ2) is 6.97. The summed E-state index contributed by atoms with van der Waals surface area (Å²) in [6.45, 7) is 6.41. The van der Waals surface area contributed by atoms with Crippen LogP contribution in [0.3, 0.4) is 0 Å². The SMILES string of the molecule is CCc1cc(CNCCC(C)SC)n(C)n1. The average molecular weight is 241 g/mol. The van der Waals surface area contributed by atoms with Crippen molar-refractivity contribution >= 4 is 11.8 Å². The fourth-order valence-corrected chi connectivity index (χ4v) is 1.90. The number of thioether (sulfide) groups is 1. The molecule has 0 spiro atoms. The second-order valence-corrected chi connectivity index (χ2v) is 5.39. The van der Waals surface area contributed by atoms with Crippen molar-refractivity contribution < 1.29 is 0 Å². The minimum atomic E-state index is 0.741. The molecule has 0 radical (unpaired) electrons. The Kier molecular flexibility index (Phi) is 5.91. The lowest BCUT2D eigenvalue weighted by Crippen LogP contribution is -2.19. The van der Waals surface area contributed by atoms with Crippen molar-refractivity contribution in [2.45, 2.75) is 38.5 Å². The third-order valence-electron chi connectivity index (χ3n) is 2.83. The summed E-state index contributed by atoms with van der Waals surface area (Å²) in [6.07, 6.45) is 4.40. The molecule has 4 heteroatoms. The molecule has 3 nitrogen and oxygen atoms in total. The van der Waals surface area contributed by atoms with Gasteiger partial charge in [0, 0.05) is 18.8 Å². The lowest BCUT2D eigenvalue weighted by Gasteiger charge is -2.08. The van der Waals surface area contributed by atoms with Crippen molar-refractivity contribution in [1.29, 1.82) is 0 Å². The van der Waals surface area contributed by atoms with E-state index in [9.17, 15) is 0 Å². The summed E-state index contributed by atoms with van der Waals surface area (Å²) in [7, 11) is 2.01. The minimum absolute atomic E-state index is 0.741. The molecule has 0 aliphatic heterocycles. The van der Waals surface area contributed by atoms with E-state index in [1.807, 2.05) is 23.5 Å². The molecular weight excluding hydrogens is 218 g/mol. The number of nitrogens with zero attached hydrogens (tertiary/aromatic N) is 2. The quantitative estimate of drug-likeness (QED) is 0.742. The summed E-state index contributed by atoms with van der Waals surface area (Å²) in [5.74, 6) is 0. The molecule has 0 aliphatic carbocycles. The molecule has 1 aromatic rings. The molecule has 0 bridgehead atoms. The van der Waals surface area contributed by atoms with Gasteiger partial charge in [0.15, 0.2) is 0 Å². The summed E-state index contributed by atoms with van der Waals surface area (Å²) in [4.78, 5) is 0. The van der Waals surface area contributed by atoms with E-state index in [-0.39, 0.29) is 0 Å². The highest BCUT2D eigenvalue weighted by atomic mass is 32.2. The number of hydrogen-bond acceptors (Lipinski definition) is 3. The van der Waals surface area contributed by atoms with Gasteiger partial charge in [-0.2, -0.15) is 16.9 Å². The zero-order valence-electron chi connectivity index (χ0n) is 10.8. The Labute approximate surface area is 103 Å². The lowest BCUT2D eigenvalue weighted by atomic mass is 10.3. The summed E-state index contributed by atoms with van der Waals surface area (Å²) in [6, 6.07) is 2.19. The number of rotatable bonds is 7. The molecule has 1 rings (SSSR count). The maximum atomic E-state index is 4.43. The summed E-state index contributed by atoms with van der Waals surface area (Å²) in [5, 5.41) is 8.64. The first kappa shape index (κ1) is 13.6. The van der Waals surface area contributed by atoms with E-state index in [0.717, 1.165) is 24.8 Å². The summed E-state index contributed by atoms with van der Waals surface area (Å²) < 4.78 is 1.98. The van der Waals surface area contributed by atoms with Gasteiger partial charge < -0.3 is 5.32 Å². The molecule has 1 unspecified atom stereocenters. The highest BCUT2D eigenvalue weighted by molar-refractivity contribution is 7.99. The van der Waals surface area contributed by atoms with Crippen molar-refractivity contribution in [3.63, 3.8) is 0 Å². The van der Waals surface area contributed by atoms with Crippen LogP contribution in [0, 0.1) is 0 Å². The Hall–Kier alpha value is -0.480. The van der Waals surface area contributed by atoms with E-state index < -0.39 is 0 Å². The molecule has 1 aromatic heterocycles. The number of hydrogen-bond donors (Lipinski definition) is 1. The molecule has 0 amide bonds. The zero-order chi connectivity index (χ0) is 12.0. The zero-order valence-corrected chi connectivity index (χ0v) is 11.6. The van der Waals surface area contributed by atoms with Crippen LogP contribution in [0.1, 0.15) is 31.7 Å². The molecule has 0 saturated carbocycles. The van der Waals surface area contributed by atoms with Crippen molar-refractivity contribution in [3.8, 4) is 0 Å². The van der Waals surface area contributed by atoms with Crippen LogP contribution in [0.2, 0.25) is 0 Å². The molecule has 0 fully saturated rings. The highest BCUT2D eigenvalue weighted by Crippen LogP contribution is 2.08. The van der Waals surface area contributed by atoms with E-state index in [2.05, 4.69) is 36.6 Å². The summed E-state index contributed by atoms with van der Waals surface area (Å²) >= 11 is 1.92. The first-order valence-electron chi connectivity index (χ1n) is 5.92. The van der Waals surface area contributed by atoms with Crippen molar-refractivity contribution in [2.24, 2.45) is 7.05 Å². The molecule has 0 saturated heterocycles. The van der Waals surface area contributed by atoms with Crippen LogP contribution in [0.4, 0.5) is 0 Å². The van der Waals surface area contributed by atoms with Crippen LogP contribution in [-0.2, 0) is 20.0 Å². The summed E-state index contributed by atoms with van der Waals surface area (Å²) in [5.41, 5.74) is 2.45. The van der Waals surface area contributed by atoms with Gasteiger partial charge >= 0.3 is 0 Å². The monoisotopic (exact) mass is 241 g/mol. The van der Waals surface area contributed by atoms with Gasteiger partial charge in [0.25, 0.3) is 0 Å². The first-order valence-corrected chi connectivity index (χ1v) is 7.21. The van der Waals surface area contributed by atoms with E-state index in [1.54, 1.807) is 0 Å². The van der Waals surface area contributed by atoms with Gasteiger partial charge in [0.05, 0.1) is 11.4 Å². The largest absolute Gasteiger partial charge is 0.311 e. The predicted molar refractivity (Wildman–Crippen MR) is 71.9 cm³/mol. The van der Waals surface area contributed by atoms with Crippen LogP contribution in [0.5, 0.6) is 0 Å². The van der Waals surface area contributed by atoms with E-state index in [4.69, 9.17) is 0 Å². The van der Waals surface area contributed by atoms with Crippen LogP contribution in [0.15, 0.2) is 6.07 Å². The van der Waals surface area contributed by atoms with Gasteiger partial charge in [-0.1, -0.05) is 13.8 Å². The minimum Gasteiger partial charge on any atom is -0.311 e. The van der Waals surface area contributed by atoms with Gasteiger partial charge in [-0.25, -0.2) is 0 Å². The van der Waals surface area contributed by atoms with E-state index >= 15 is 0 Å². The van der Waals surface area contributed by atoms with Crippen molar-refractivity contribution in [3.05, 3.63) is 17.5 Å². The van der Waals surface area contributed by atoms with Crippen LogP contribution >= 0.6 is 11.8 Å². The Bertz CT molecular complexity index is 309. The molecular formula is C12H23N3S. The molecule has 16 heavy (non-hydrogen) atoms. The van der Waals surface area contributed by atoms with E-state index in [1.165, 1.54) is 17.8 Å². The smallest absolute Gasteiger partial charge is 0.0625 e. The van der Waals surface area contributed by atoms with Crippen LogP contribution in [-0.4, -0.2) is 27.8 Å². The maximum Gasteiger partial charge on any atom is 0.0625 e. The van der Waals surface area contributed by atoms with Crippen LogP contribution in [0.25, 0.3) is 0 Å². The average Bonchev–Trinajstić information content (AvgIpc) is 2.65. The molecule has 1 atom stereocenters. The molecule has 0 aromatic carbocycles. The third-order valence-corrected chi connectivity index (χ3v) is 3.87. The van der Waals surface area contributed by atoms with E-state index in [0.29, 0.717) is 0 Å². The Morgan fingerprint density at radius 3 is 2.88 bits per heavy atom. The van der Waals surface area contributed by atoms with Gasteiger partial charge in [0.2, 0.25) is 0 Å². The standard InChI is InChI=1S/C12H23N3S/c1-5-11-8-12(15(3)14-11)9-13-7-6-10(2)16-4/h8,10,13H,5-7,9H2,1-4H3. The first-order chi connectivity index (χ1) is 7.67. The van der Waals surface area contributed by atoms with Gasteiger partial charge in [0.1, 0.15) is 0 Å². The lowest BCUT2D eigenvalue weighted by molar-refractivity contribution is 0.605. The molecule has 1 heterocycles. The third kappa shape index (κ3) is 4.18. The number of aromatic nitrogens is 2. The highest BCUT2D eigenvalue weighted by Gasteiger charge is 2.03. The predicted octanol–water partition coefficient (Wildman–Crippen LogP) is 2.21. The fourth-order valence-electron chi connectivity index (χ4n) is 1.55. The number of aryl methyl sites for hydroxylation is 2. The molecule has 0 aliphatic rings. The van der Waals surface area contributed by atoms with Crippen LogP contribution < -0.4 is 5.32 Å². The maximum absolute atomic E-state index is 4.43. The normalized spacial score (nSPS) is 13.0. The van der Waals surface area contributed by atoms with Gasteiger partial charge in [-0.05, 0) is 31.7 Å². The van der Waals surface area contributed by atoms with Gasteiger partial charge in [-0.15, -0.1) is 0 Å². The molecule has 92 valence electrons. The second-order valence-electron chi connectivity index (χ2n) is 4.12. The molecule has 1 N–H and O–H groups in total. The topological polar surface area (TPSA) is 29.9 Å². The fraction of sp³-hybridized carbons (Fsp3) is 0.750. The van der Waals surface area contributed by atoms with Crippen molar-refractivity contribution in [2.75, 3.05) is 12.8 Å². The van der Waals surface area contributed by atoms with Gasteiger partial charge in [-0.3, -0.25) is 4.68 Å². The van der Waals surface area contributed by atoms with Crippen molar-refractivity contribution in [1.82, 2.24) is 15.1 Å².